The number of carbonyl (C=O) groups is 1. The Morgan fingerprint density at radius 3 is 1.69 bits per heavy atom. The van der Waals surface area contributed by atoms with Crippen LogP contribution < -0.4 is 0 Å². The number of hydrogen-bond donors (Lipinski definition) is 0. The van der Waals surface area contributed by atoms with E-state index in [2.05, 4.69) is 0 Å². The zero-order valence-electron chi connectivity index (χ0n) is 9.73. The van der Waals surface area contributed by atoms with Crippen molar-refractivity contribution in [2.45, 2.75) is 60.0 Å². The Labute approximate surface area is 81.7 Å². The molecule has 0 aromatic heterocycles. The van der Waals surface area contributed by atoms with E-state index >= 15 is 0 Å². The van der Waals surface area contributed by atoms with Crippen molar-refractivity contribution in [2.24, 2.45) is 5.41 Å². The van der Waals surface area contributed by atoms with Gasteiger partial charge in [-0.1, -0.05) is 13.8 Å². The van der Waals surface area contributed by atoms with Gasteiger partial charge in [0.1, 0.15) is 5.60 Å². The quantitative estimate of drug-likeness (QED) is 0.633. The van der Waals surface area contributed by atoms with Gasteiger partial charge in [0, 0.05) is 0 Å². The molecule has 0 aromatic carbocycles. The van der Waals surface area contributed by atoms with Gasteiger partial charge in [0.05, 0.1) is 5.41 Å². The summed E-state index contributed by atoms with van der Waals surface area (Å²) in [5.74, 6) is -0.112. The molecule has 0 saturated carbocycles. The maximum Gasteiger partial charge on any atom is 0.311 e. The van der Waals surface area contributed by atoms with E-state index in [0.29, 0.717) is 0 Å². The largest absolute Gasteiger partial charge is 0.459 e. The third-order valence-corrected chi connectivity index (χ3v) is 2.45. The summed E-state index contributed by atoms with van der Waals surface area (Å²) in [4.78, 5) is 11.6. The Bertz CT molecular complexity index is 173. The third kappa shape index (κ3) is 3.79. The summed E-state index contributed by atoms with van der Waals surface area (Å²) in [7, 11) is 0. The highest BCUT2D eigenvalue weighted by Crippen LogP contribution is 2.25. The van der Waals surface area contributed by atoms with Crippen LogP contribution in [0, 0.1) is 5.41 Å². The molecule has 0 radical (unpaired) electrons. The first-order chi connectivity index (χ1) is 5.75. The predicted octanol–water partition coefficient (Wildman–Crippen LogP) is 3.15. The van der Waals surface area contributed by atoms with Crippen LogP contribution in [0.15, 0.2) is 0 Å². The van der Waals surface area contributed by atoms with Crippen molar-refractivity contribution in [1.82, 2.24) is 0 Å². The number of esters is 1. The molecule has 0 aliphatic heterocycles. The Kier molecular flexibility index (Phi) is 3.95. The minimum absolute atomic E-state index is 0.112. The van der Waals surface area contributed by atoms with Crippen LogP contribution in [0.2, 0.25) is 0 Å². The fourth-order valence-electron chi connectivity index (χ4n) is 0.771. The molecule has 2 nitrogen and oxygen atoms in total. The zero-order chi connectivity index (χ0) is 10.7. The van der Waals surface area contributed by atoms with Crippen LogP contribution in [-0.4, -0.2) is 11.6 Å². The van der Waals surface area contributed by atoms with Crippen LogP contribution in [0.3, 0.4) is 0 Å². The van der Waals surface area contributed by atoms with E-state index in [1.165, 1.54) is 0 Å². The van der Waals surface area contributed by atoms with Gasteiger partial charge >= 0.3 is 5.97 Å². The Balaban J connectivity index is 4.35. The number of carbonyl (C=O) groups excluding carboxylic acids is 1. The lowest BCUT2D eigenvalue weighted by molar-refractivity contribution is -0.168. The maximum atomic E-state index is 11.6. The molecule has 0 heterocycles. The van der Waals surface area contributed by atoms with Crippen molar-refractivity contribution >= 4 is 5.97 Å². The Hall–Kier alpha value is -0.530. The second kappa shape index (κ2) is 4.12. The van der Waals surface area contributed by atoms with Gasteiger partial charge in [-0.3, -0.25) is 4.79 Å². The molecule has 0 rings (SSSR count). The van der Waals surface area contributed by atoms with Crippen LogP contribution >= 0.6 is 0 Å². The molecule has 0 bridgehead atoms. The summed E-state index contributed by atoms with van der Waals surface area (Å²) < 4.78 is 5.46. The van der Waals surface area contributed by atoms with Gasteiger partial charge in [-0.15, -0.1) is 0 Å². The van der Waals surface area contributed by atoms with Crippen molar-refractivity contribution in [3.05, 3.63) is 0 Å². The monoisotopic (exact) mass is 186 g/mol. The first kappa shape index (κ1) is 12.5. The van der Waals surface area contributed by atoms with E-state index in [4.69, 9.17) is 4.74 Å². The van der Waals surface area contributed by atoms with Crippen LogP contribution in [0.1, 0.15) is 54.4 Å². The highest BCUT2D eigenvalue weighted by Gasteiger charge is 2.31. The summed E-state index contributed by atoms with van der Waals surface area (Å²) in [5, 5.41) is 0. The average Bonchev–Trinajstić information content (AvgIpc) is 2.02. The van der Waals surface area contributed by atoms with Gasteiger partial charge in [0.25, 0.3) is 0 Å². The zero-order valence-corrected chi connectivity index (χ0v) is 9.73. The van der Waals surface area contributed by atoms with E-state index in [9.17, 15) is 4.79 Å². The molecule has 13 heavy (non-hydrogen) atoms. The molecule has 0 spiro atoms. The second-order valence-corrected chi connectivity index (χ2v) is 4.80. The van der Waals surface area contributed by atoms with Crippen molar-refractivity contribution in [3.8, 4) is 0 Å². The van der Waals surface area contributed by atoms with Gasteiger partial charge in [-0.25, -0.2) is 0 Å². The molecule has 2 heteroatoms. The molecule has 0 fully saturated rings. The van der Waals surface area contributed by atoms with Crippen molar-refractivity contribution in [2.75, 3.05) is 0 Å². The van der Waals surface area contributed by atoms with Gasteiger partial charge in [-0.2, -0.15) is 0 Å². The van der Waals surface area contributed by atoms with E-state index in [-0.39, 0.29) is 11.6 Å². The average molecular weight is 186 g/mol. The summed E-state index contributed by atoms with van der Waals surface area (Å²) >= 11 is 0. The van der Waals surface area contributed by atoms with Crippen LogP contribution in [0.4, 0.5) is 0 Å². The molecule has 0 amide bonds. The minimum atomic E-state index is -0.397. The van der Waals surface area contributed by atoms with Crippen LogP contribution in [-0.2, 0) is 9.53 Å². The van der Waals surface area contributed by atoms with Gasteiger partial charge in [0.15, 0.2) is 0 Å². The van der Waals surface area contributed by atoms with Gasteiger partial charge in [-0.05, 0) is 40.5 Å². The summed E-state index contributed by atoms with van der Waals surface area (Å²) in [6, 6.07) is 0. The highest BCUT2D eigenvalue weighted by atomic mass is 16.6. The maximum absolute atomic E-state index is 11.6. The van der Waals surface area contributed by atoms with Crippen molar-refractivity contribution in [3.63, 3.8) is 0 Å². The van der Waals surface area contributed by atoms with Gasteiger partial charge in [0.2, 0.25) is 0 Å². The second-order valence-electron chi connectivity index (χ2n) is 4.80. The lowest BCUT2D eigenvalue weighted by atomic mass is 9.95. The van der Waals surface area contributed by atoms with E-state index < -0.39 is 5.41 Å². The normalized spacial score (nSPS) is 12.8. The topological polar surface area (TPSA) is 26.3 Å². The molecule has 0 aliphatic rings. The van der Waals surface area contributed by atoms with E-state index in [0.717, 1.165) is 12.8 Å². The van der Waals surface area contributed by atoms with Crippen molar-refractivity contribution < 1.29 is 9.53 Å². The Morgan fingerprint density at radius 1 is 1.08 bits per heavy atom. The summed E-state index contributed by atoms with van der Waals surface area (Å²) in [6.45, 7) is 11.7. The minimum Gasteiger partial charge on any atom is -0.459 e. The molecule has 0 aromatic rings. The number of ether oxygens (including phenoxy) is 1. The Morgan fingerprint density at radius 2 is 1.46 bits per heavy atom. The van der Waals surface area contributed by atoms with E-state index in [1.807, 2.05) is 41.5 Å². The van der Waals surface area contributed by atoms with Crippen molar-refractivity contribution in [1.29, 1.82) is 0 Å². The summed E-state index contributed by atoms with van der Waals surface area (Å²) in [5.41, 5.74) is -0.685. The lowest BCUT2D eigenvalue weighted by Crippen LogP contribution is -2.35. The van der Waals surface area contributed by atoms with E-state index in [1.54, 1.807) is 0 Å². The smallest absolute Gasteiger partial charge is 0.311 e. The number of hydrogen-bond acceptors (Lipinski definition) is 2. The standard InChI is InChI=1S/C11H22O2/c1-7-11(6,8-2)13-9(12)10(3,4)5/h7-8H2,1-6H3. The summed E-state index contributed by atoms with van der Waals surface area (Å²) in [6.07, 6.45) is 1.73. The highest BCUT2D eigenvalue weighted by molar-refractivity contribution is 5.75. The molecule has 0 aliphatic carbocycles. The first-order valence-electron chi connectivity index (χ1n) is 4.98. The molecule has 0 saturated heterocycles. The fraction of sp³-hybridized carbons (Fsp3) is 0.909. The molecule has 0 atom stereocenters. The van der Waals surface area contributed by atoms with Gasteiger partial charge < -0.3 is 4.74 Å². The molecular formula is C11H22O2. The predicted molar refractivity (Wildman–Crippen MR) is 54.5 cm³/mol. The number of rotatable bonds is 3. The molecule has 0 unspecified atom stereocenters. The third-order valence-electron chi connectivity index (χ3n) is 2.45. The van der Waals surface area contributed by atoms with Crippen LogP contribution in [0.5, 0.6) is 0 Å². The van der Waals surface area contributed by atoms with Crippen LogP contribution in [0.25, 0.3) is 0 Å². The lowest BCUT2D eigenvalue weighted by Gasteiger charge is -2.30. The molecule has 0 N–H and O–H groups in total. The first-order valence-corrected chi connectivity index (χ1v) is 4.98. The SMILES string of the molecule is CCC(C)(CC)OC(=O)C(C)(C)C. The molecular weight excluding hydrogens is 164 g/mol. The molecule has 78 valence electrons. The fourth-order valence-corrected chi connectivity index (χ4v) is 0.771.